The zero-order chi connectivity index (χ0) is 11.2. The van der Waals surface area contributed by atoms with E-state index in [1.54, 1.807) is 0 Å². The third kappa shape index (κ3) is 0.530. The number of hydrogen-bond donors (Lipinski definition) is 1. The fourth-order valence-electron chi connectivity index (χ4n) is 7.69. The first-order valence-electron chi connectivity index (χ1n) is 7.13. The van der Waals surface area contributed by atoms with Gasteiger partial charge in [-0.1, -0.05) is 0 Å². The fourth-order valence-corrected chi connectivity index (χ4v) is 7.69. The van der Waals surface area contributed by atoms with Crippen molar-refractivity contribution < 1.29 is 9.53 Å². The number of esters is 1. The maximum absolute atomic E-state index is 11.9. The number of nitrogens with two attached hydrogens (primary N) is 1. The third-order valence-corrected chi connectivity index (χ3v) is 7.91. The van der Waals surface area contributed by atoms with Gasteiger partial charge < -0.3 is 10.5 Å². The van der Waals surface area contributed by atoms with Gasteiger partial charge in [0, 0.05) is 12.0 Å². The molecule has 9 unspecified atom stereocenters. The summed E-state index contributed by atoms with van der Waals surface area (Å²) in [6.45, 7) is 0.725. The Balaban J connectivity index is 1.49. The number of fused-ring (bicyclic) bond motifs is 8. The average Bonchev–Trinajstić information content (AvgIpc) is 2.81. The van der Waals surface area contributed by atoms with Crippen molar-refractivity contribution in [3.05, 3.63) is 0 Å². The first kappa shape index (κ1) is 8.52. The first-order valence-corrected chi connectivity index (χ1v) is 7.13. The highest BCUT2D eigenvalue weighted by molar-refractivity contribution is 5.76. The van der Waals surface area contributed by atoms with Crippen LogP contribution in [0.5, 0.6) is 0 Å². The molecule has 3 nitrogen and oxygen atoms in total. The van der Waals surface area contributed by atoms with E-state index in [1.165, 1.54) is 19.3 Å². The third-order valence-electron chi connectivity index (χ3n) is 7.91. The van der Waals surface area contributed by atoms with Gasteiger partial charge in [-0.15, -0.1) is 0 Å². The van der Waals surface area contributed by atoms with Crippen LogP contribution in [0.15, 0.2) is 0 Å². The van der Waals surface area contributed by atoms with Crippen LogP contribution in [-0.4, -0.2) is 18.6 Å². The molecular weight excluding hydrogens is 214 g/mol. The van der Waals surface area contributed by atoms with E-state index in [-0.39, 0.29) is 11.9 Å². The summed E-state index contributed by atoms with van der Waals surface area (Å²) in [6, 6.07) is 0.457. The van der Waals surface area contributed by atoms with Crippen molar-refractivity contribution in [2.24, 2.45) is 52.1 Å². The standard InChI is InChI=1S/C14H17NO2/c15-8-2-13-4-14(8,13)11-6-1-5(10(11)13)7-3-17-12(16)9(6)7/h5-11H,1-4,15H2. The molecule has 6 rings (SSSR count). The molecule has 17 heavy (non-hydrogen) atoms. The van der Waals surface area contributed by atoms with Gasteiger partial charge >= 0.3 is 5.97 Å². The van der Waals surface area contributed by atoms with Crippen LogP contribution in [0, 0.1) is 46.3 Å². The minimum Gasteiger partial charge on any atom is -0.465 e. The SMILES string of the molecule is NC1CC23CC12C1C2CC(C4COC(=O)C42)C13. The smallest absolute Gasteiger partial charge is 0.309 e. The Hall–Kier alpha value is -0.570. The number of carbonyl (C=O) groups is 1. The number of cyclic esters (lactones) is 1. The highest BCUT2D eigenvalue weighted by Crippen LogP contribution is 2.98. The summed E-state index contributed by atoms with van der Waals surface area (Å²) in [6.07, 6.45) is 4.00. The molecule has 0 amide bonds. The summed E-state index contributed by atoms with van der Waals surface area (Å²) in [5, 5.41) is 0. The van der Waals surface area contributed by atoms with Crippen molar-refractivity contribution in [2.45, 2.75) is 25.3 Å². The van der Waals surface area contributed by atoms with E-state index in [0.29, 0.717) is 28.7 Å². The molecule has 9 atom stereocenters. The molecule has 6 aliphatic rings. The molecule has 0 aromatic rings. The molecule has 1 saturated heterocycles. The van der Waals surface area contributed by atoms with E-state index in [1.807, 2.05) is 0 Å². The second-order valence-corrected chi connectivity index (χ2v) is 7.62. The molecule has 5 aliphatic carbocycles. The van der Waals surface area contributed by atoms with Crippen LogP contribution in [0.2, 0.25) is 0 Å². The van der Waals surface area contributed by atoms with Gasteiger partial charge in [-0.05, 0) is 53.8 Å². The number of rotatable bonds is 0. The van der Waals surface area contributed by atoms with Crippen LogP contribution in [0.1, 0.15) is 19.3 Å². The predicted molar refractivity (Wildman–Crippen MR) is 58.6 cm³/mol. The van der Waals surface area contributed by atoms with Gasteiger partial charge in [-0.3, -0.25) is 4.79 Å². The van der Waals surface area contributed by atoms with Crippen LogP contribution in [0.4, 0.5) is 0 Å². The summed E-state index contributed by atoms with van der Waals surface area (Å²) in [4.78, 5) is 11.9. The topological polar surface area (TPSA) is 52.3 Å². The van der Waals surface area contributed by atoms with E-state index in [0.717, 1.165) is 24.4 Å². The van der Waals surface area contributed by atoms with Crippen molar-refractivity contribution in [3.8, 4) is 0 Å². The quantitative estimate of drug-likeness (QED) is 0.627. The van der Waals surface area contributed by atoms with Gasteiger partial charge in [0.25, 0.3) is 0 Å². The molecule has 2 N–H and O–H groups in total. The van der Waals surface area contributed by atoms with E-state index in [4.69, 9.17) is 10.5 Å². The summed E-state index contributed by atoms with van der Waals surface area (Å²) < 4.78 is 5.32. The van der Waals surface area contributed by atoms with Crippen molar-refractivity contribution in [1.29, 1.82) is 0 Å². The fraction of sp³-hybridized carbons (Fsp3) is 0.929. The van der Waals surface area contributed by atoms with Crippen LogP contribution >= 0.6 is 0 Å². The molecular formula is C14H17NO2. The Morgan fingerprint density at radius 1 is 1.24 bits per heavy atom. The molecule has 2 bridgehead atoms. The van der Waals surface area contributed by atoms with Crippen LogP contribution < -0.4 is 5.73 Å². The molecule has 1 heterocycles. The van der Waals surface area contributed by atoms with Gasteiger partial charge in [0.15, 0.2) is 0 Å². The van der Waals surface area contributed by atoms with Crippen LogP contribution in [0.25, 0.3) is 0 Å². The van der Waals surface area contributed by atoms with E-state index < -0.39 is 0 Å². The van der Waals surface area contributed by atoms with E-state index >= 15 is 0 Å². The van der Waals surface area contributed by atoms with Crippen LogP contribution in [0.3, 0.4) is 0 Å². The molecule has 3 heteroatoms. The van der Waals surface area contributed by atoms with Crippen molar-refractivity contribution in [1.82, 2.24) is 0 Å². The zero-order valence-corrected chi connectivity index (χ0v) is 9.76. The minimum atomic E-state index is 0.114. The first-order chi connectivity index (χ1) is 8.21. The Labute approximate surface area is 100 Å². The Morgan fingerprint density at radius 2 is 2.12 bits per heavy atom. The lowest BCUT2D eigenvalue weighted by molar-refractivity contribution is -0.168. The maximum Gasteiger partial charge on any atom is 0.309 e. The Bertz CT molecular complexity index is 491. The minimum absolute atomic E-state index is 0.114. The second-order valence-electron chi connectivity index (χ2n) is 7.62. The summed E-state index contributed by atoms with van der Waals surface area (Å²) >= 11 is 0. The summed E-state index contributed by atoms with van der Waals surface area (Å²) in [7, 11) is 0. The molecule has 90 valence electrons. The Kier molecular flexibility index (Phi) is 0.985. The molecule has 0 aromatic carbocycles. The molecule has 1 aliphatic heterocycles. The van der Waals surface area contributed by atoms with Gasteiger partial charge in [-0.25, -0.2) is 0 Å². The number of ether oxygens (including phenoxy) is 1. The summed E-state index contributed by atoms with van der Waals surface area (Å²) in [5.74, 6) is 4.16. The monoisotopic (exact) mass is 231 g/mol. The second kappa shape index (κ2) is 1.97. The number of carbonyl (C=O) groups excluding carboxylic acids is 1. The van der Waals surface area contributed by atoms with E-state index in [2.05, 4.69) is 0 Å². The van der Waals surface area contributed by atoms with Gasteiger partial charge in [0.1, 0.15) is 0 Å². The predicted octanol–water partition coefficient (Wildman–Crippen LogP) is 0.779. The highest BCUT2D eigenvalue weighted by atomic mass is 16.5. The summed E-state index contributed by atoms with van der Waals surface area (Å²) in [5.41, 5.74) is 7.47. The molecule has 0 radical (unpaired) electrons. The van der Waals surface area contributed by atoms with Crippen molar-refractivity contribution in [3.63, 3.8) is 0 Å². The molecule has 0 spiro atoms. The van der Waals surface area contributed by atoms with Crippen molar-refractivity contribution in [2.75, 3.05) is 6.61 Å². The lowest BCUT2D eigenvalue weighted by Gasteiger charge is -2.64. The zero-order valence-electron chi connectivity index (χ0n) is 9.76. The largest absolute Gasteiger partial charge is 0.465 e. The number of hydrogen-bond acceptors (Lipinski definition) is 3. The van der Waals surface area contributed by atoms with Gasteiger partial charge in [0.2, 0.25) is 0 Å². The lowest BCUT2D eigenvalue weighted by Crippen LogP contribution is -2.67. The highest BCUT2D eigenvalue weighted by Gasteiger charge is 2.96. The molecule has 5 saturated carbocycles. The maximum atomic E-state index is 11.9. The van der Waals surface area contributed by atoms with Crippen LogP contribution in [-0.2, 0) is 9.53 Å². The molecule has 6 fully saturated rings. The van der Waals surface area contributed by atoms with E-state index in [9.17, 15) is 4.79 Å². The average molecular weight is 231 g/mol. The van der Waals surface area contributed by atoms with Gasteiger partial charge in [0.05, 0.1) is 12.5 Å². The lowest BCUT2D eigenvalue weighted by atomic mass is 9.40. The van der Waals surface area contributed by atoms with Gasteiger partial charge in [-0.2, -0.15) is 0 Å². The molecule has 0 aromatic heterocycles. The normalized spacial score (nSPS) is 76.1. The Morgan fingerprint density at radius 3 is 2.94 bits per heavy atom. The van der Waals surface area contributed by atoms with Crippen molar-refractivity contribution >= 4 is 5.97 Å².